The molecule has 1 heterocycles. The highest BCUT2D eigenvalue weighted by Crippen LogP contribution is 2.24. The van der Waals surface area contributed by atoms with Crippen molar-refractivity contribution in [1.29, 1.82) is 0 Å². The molecule has 142 valence electrons. The third-order valence-electron chi connectivity index (χ3n) is 4.53. The molecule has 0 bridgehead atoms. The topological polar surface area (TPSA) is 70.5 Å². The van der Waals surface area contributed by atoms with Gasteiger partial charge in [-0.2, -0.15) is 0 Å². The monoisotopic (exact) mass is 461 g/mol. The lowest BCUT2D eigenvalue weighted by molar-refractivity contribution is -0.126. The lowest BCUT2D eigenvalue weighted by Gasteiger charge is -2.30. The number of guanidine groups is 1. The van der Waals surface area contributed by atoms with Gasteiger partial charge in [0.2, 0.25) is 5.91 Å². The van der Waals surface area contributed by atoms with E-state index >= 15 is 0 Å². The van der Waals surface area contributed by atoms with Gasteiger partial charge in [-0.25, -0.2) is 0 Å². The number of rotatable bonds is 5. The van der Waals surface area contributed by atoms with E-state index in [1.54, 1.807) is 7.05 Å². The van der Waals surface area contributed by atoms with Crippen molar-refractivity contribution in [3.05, 3.63) is 24.0 Å². The van der Waals surface area contributed by atoms with Crippen LogP contribution in [0, 0.1) is 5.92 Å². The molecule has 2 rings (SSSR count). The molecular weight excluding hydrogens is 429 g/mol. The quantitative estimate of drug-likeness (QED) is 0.358. The van der Waals surface area contributed by atoms with E-state index in [-0.39, 0.29) is 41.8 Å². The first-order valence-corrected chi connectivity index (χ1v) is 8.87. The number of carbonyl (C=O) groups excluding carboxylic acids is 1. The maximum Gasteiger partial charge on any atom is 0.223 e. The van der Waals surface area contributed by atoms with Crippen molar-refractivity contribution in [3.8, 4) is 0 Å². The van der Waals surface area contributed by atoms with Gasteiger partial charge in [-0.3, -0.25) is 9.79 Å². The molecule has 1 fully saturated rings. The average Bonchev–Trinajstić information content (AvgIpc) is 2.96. The summed E-state index contributed by atoms with van der Waals surface area (Å²) in [7, 11) is 3.82. The van der Waals surface area contributed by atoms with E-state index < -0.39 is 0 Å². The number of amides is 1. The lowest BCUT2D eigenvalue weighted by Crippen LogP contribution is -2.47. The molecule has 1 aromatic heterocycles. The Labute approximate surface area is 168 Å². The first-order valence-electron chi connectivity index (χ1n) is 8.87. The highest BCUT2D eigenvalue weighted by molar-refractivity contribution is 14.0. The van der Waals surface area contributed by atoms with Gasteiger partial charge >= 0.3 is 0 Å². The number of nitrogens with zero attached hydrogens (tertiary/aromatic N) is 2. The van der Waals surface area contributed by atoms with Crippen molar-refractivity contribution in [1.82, 2.24) is 20.5 Å². The predicted molar refractivity (Wildman–Crippen MR) is 113 cm³/mol. The van der Waals surface area contributed by atoms with E-state index in [4.69, 9.17) is 0 Å². The van der Waals surface area contributed by atoms with Crippen molar-refractivity contribution in [2.24, 2.45) is 18.0 Å². The van der Waals surface area contributed by atoms with Gasteiger partial charge in [-0.15, -0.1) is 24.0 Å². The van der Waals surface area contributed by atoms with Gasteiger partial charge in [-0.05, 0) is 45.2 Å². The second-order valence-electron chi connectivity index (χ2n) is 6.90. The summed E-state index contributed by atoms with van der Waals surface area (Å²) in [5.74, 6) is 1.08. The molecule has 6 nitrogen and oxygen atoms in total. The van der Waals surface area contributed by atoms with Crippen LogP contribution in [-0.4, -0.2) is 35.6 Å². The summed E-state index contributed by atoms with van der Waals surface area (Å²) >= 11 is 0. The van der Waals surface area contributed by atoms with Crippen LogP contribution in [0.15, 0.2) is 23.3 Å². The van der Waals surface area contributed by atoms with Gasteiger partial charge in [0, 0.05) is 44.0 Å². The summed E-state index contributed by atoms with van der Waals surface area (Å²) in [6.45, 7) is 4.74. The fourth-order valence-electron chi connectivity index (χ4n) is 3.20. The molecule has 0 aromatic carbocycles. The summed E-state index contributed by atoms with van der Waals surface area (Å²) in [5, 5.41) is 9.86. The normalized spacial score (nSPS) is 20.8. The Morgan fingerprint density at radius 3 is 2.76 bits per heavy atom. The van der Waals surface area contributed by atoms with E-state index in [2.05, 4.69) is 31.6 Å². The molecule has 25 heavy (non-hydrogen) atoms. The van der Waals surface area contributed by atoms with Crippen molar-refractivity contribution >= 4 is 35.8 Å². The molecule has 2 atom stereocenters. The Bertz CT molecular complexity index is 570. The standard InChI is InChI=1S/C18H31N5O.HI/c1-13(2)21-17(24)14-7-5-8-15(11-14)22-18(19-3)20-12-16-9-6-10-23(16)4;/h6,9-10,13-15H,5,7-8,11-12H2,1-4H3,(H,21,24)(H2,19,20,22);1H. The maximum atomic E-state index is 12.2. The fourth-order valence-corrected chi connectivity index (χ4v) is 3.20. The zero-order chi connectivity index (χ0) is 17.5. The van der Waals surface area contributed by atoms with Crippen LogP contribution in [-0.2, 0) is 18.4 Å². The number of aryl methyl sites for hydroxylation is 1. The molecule has 0 radical (unpaired) electrons. The minimum Gasteiger partial charge on any atom is -0.354 e. The molecule has 1 aliphatic carbocycles. The number of hydrogen-bond donors (Lipinski definition) is 3. The average molecular weight is 461 g/mol. The van der Waals surface area contributed by atoms with Gasteiger partial charge in [-0.1, -0.05) is 6.42 Å². The van der Waals surface area contributed by atoms with Crippen molar-refractivity contribution < 1.29 is 4.79 Å². The summed E-state index contributed by atoms with van der Waals surface area (Å²) in [6.07, 6.45) is 6.03. The molecule has 2 unspecified atom stereocenters. The summed E-state index contributed by atoms with van der Waals surface area (Å²) in [6, 6.07) is 4.62. The number of aliphatic imine (C=N–C) groups is 1. The fraction of sp³-hybridized carbons (Fsp3) is 0.667. The van der Waals surface area contributed by atoms with Crippen molar-refractivity contribution in [2.75, 3.05) is 7.05 Å². The third-order valence-corrected chi connectivity index (χ3v) is 4.53. The van der Waals surface area contributed by atoms with Crippen LogP contribution in [0.3, 0.4) is 0 Å². The van der Waals surface area contributed by atoms with E-state index in [0.717, 1.165) is 38.2 Å². The van der Waals surface area contributed by atoms with E-state index in [1.165, 1.54) is 5.69 Å². The second kappa shape index (κ2) is 10.7. The molecule has 3 N–H and O–H groups in total. The summed E-state index contributed by atoms with van der Waals surface area (Å²) < 4.78 is 2.09. The Morgan fingerprint density at radius 1 is 1.40 bits per heavy atom. The largest absolute Gasteiger partial charge is 0.354 e. The van der Waals surface area contributed by atoms with Crippen LogP contribution in [0.1, 0.15) is 45.2 Å². The van der Waals surface area contributed by atoms with Crippen molar-refractivity contribution in [2.45, 2.75) is 58.2 Å². The maximum absolute atomic E-state index is 12.2. The smallest absolute Gasteiger partial charge is 0.223 e. The highest BCUT2D eigenvalue weighted by atomic mass is 127. The lowest BCUT2D eigenvalue weighted by atomic mass is 9.85. The van der Waals surface area contributed by atoms with Crippen LogP contribution in [0.4, 0.5) is 0 Å². The highest BCUT2D eigenvalue weighted by Gasteiger charge is 2.27. The van der Waals surface area contributed by atoms with Crippen LogP contribution >= 0.6 is 24.0 Å². The zero-order valence-electron chi connectivity index (χ0n) is 15.7. The number of hydrogen-bond acceptors (Lipinski definition) is 2. The van der Waals surface area contributed by atoms with Crippen LogP contribution in [0.25, 0.3) is 0 Å². The van der Waals surface area contributed by atoms with E-state index in [1.807, 2.05) is 33.2 Å². The molecule has 7 heteroatoms. The van der Waals surface area contributed by atoms with Gasteiger partial charge in [0.15, 0.2) is 5.96 Å². The molecule has 1 amide bonds. The molecule has 0 saturated heterocycles. The molecule has 0 spiro atoms. The van der Waals surface area contributed by atoms with Crippen molar-refractivity contribution in [3.63, 3.8) is 0 Å². The van der Waals surface area contributed by atoms with Crippen LogP contribution in [0.5, 0.6) is 0 Å². The zero-order valence-corrected chi connectivity index (χ0v) is 18.0. The molecule has 0 aliphatic heterocycles. The number of carbonyl (C=O) groups is 1. The van der Waals surface area contributed by atoms with Gasteiger partial charge in [0.25, 0.3) is 0 Å². The van der Waals surface area contributed by atoms with Crippen LogP contribution in [0.2, 0.25) is 0 Å². The summed E-state index contributed by atoms with van der Waals surface area (Å²) in [4.78, 5) is 16.6. The van der Waals surface area contributed by atoms with Gasteiger partial charge in [0.1, 0.15) is 0 Å². The Hall–Kier alpha value is -1.25. The SMILES string of the molecule is CN=C(NCc1cccn1C)NC1CCCC(C(=O)NC(C)C)C1.I. The minimum absolute atomic E-state index is 0. The number of aromatic nitrogens is 1. The molecular formula is C18H32IN5O. The van der Waals surface area contributed by atoms with Gasteiger partial charge in [0.05, 0.1) is 6.54 Å². The number of nitrogens with one attached hydrogen (secondary N) is 3. The third kappa shape index (κ3) is 6.87. The molecule has 1 saturated carbocycles. The van der Waals surface area contributed by atoms with E-state index in [0.29, 0.717) is 6.04 Å². The Kier molecular flexibility index (Phi) is 9.31. The first kappa shape index (κ1) is 21.8. The van der Waals surface area contributed by atoms with Gasteiger partial charge < -0.3 is 20.5 Å². The summed E-state index contributed by atoms with van der Waals surface area (Å²) in [5.41, 5.74) is 1.20. The van der Waals surface area contributed by atoms with Crippen LogP contribution < -0.4 is 16.0 Å². The number of halogens is 1. The first-order chi connectivity index (χ1) is 11.5. The Morgan fingerprint density at radius 2 is 2.16 bits per heavy atom. The molecule has 1 aliphatic rings. The Balaban J connectivity index is 0.00000312. The molecule has 1 aromatic rings. The predicted octanol–water partition coefficient (Wildman–Crippen LogP) is 2.39. The second-order valence-corrected chi connectivity index (χ2v) is 6.90. The van der Waals surface area contributed by atoms with E-state index in [9.17, 15) is 4.79 Å². The minimum atomic E-state index is 0.